The Labute approximate surface area is 156 Å². The third kappa shape index (κ3) is 5.25. The molecule has 2 N–H and O–H groups in total. The smallest absolute Gasteiger partial charge is 0.231 e. The van der Waals surface area contributed by atoms with E-state index in [2.05, 4.69) is 4.90 Å². The molecule has 1 amide bonds. The topological polar surface area (TPSA) is 64.8 Å². The van der Waals surface area contributed by atoms with E-state index in [9.17, 15) is 4.79 Å². The van der Waals surface area contributed by atoms with Crippen LogP contribution in [0.5, 0.6) is 11.5 Å². The molecular formula is C19H29ClN2O3. The van der Waals surface area contributed by atoms with Crippen molar-refractivity contribution in [2.24, 2.45) is 5.73 Å². The Morgan fingerprint density at radius 3 is 2.68 bits per heavy atom. The minimum absolute atomic E-state index is 0. The van der Waals surface area contributed by atoms with Crippen molar-refractivity contribution in [2.45, 2.75) is 70.5 Å². The van der Waals surface area contributed by atoms with Crippen LogP contribution in [0, 0.1) is 0 Å². The zero-order chi connectivity index (χ0) is 16.9. The van der Waals surface area contributed by atoms with Crippen LogP contribution in [-0.2, 0) is 11.3 Å². The van der Waals surface area contributed by atoms with Crippen LogP contribution in [-0.4, -0.2) is 29.7 Å². The van der Waals surface area contributed by atoms with Crippen LogP contribution >= 0.6 is 12.4 Å². The normalized spacial score (nSPS) is 17.7. The van der Waals surface area contributed by atoms with Gasteiger partial charge in [0.05, 0.1) is 0 Å². The van der Waals surface area contributed by atoms with Crippen molar-refractivity contribution < 1.29 is 14.3 Å². The van der Waals surface area contributed by atoms with Gasteiger partial charge in [0.2, 0.25) is 12.7 Å². The van der Waals surface area contributed by atoms with Gasteiger partial charge in [-0.15, -0.1) is 12.4 Å². The fourth-order valence-corrected chi connectivity index (χ4v) is 3.54. The molecule has 1 fully saturated rings. The van der Waals surface area contributed by atoms with Gasteiger partial charge in [-0.05, 0) is 43.9 Å². The summed E-state index contributed by atoms with van der Waals surface area (Å²) < 4.78 is 10.8. The Balaban J connectivity index is 0.00000225. The van der Waals surface area contributed by atoms with Gasteiger partial charge < -0.3 is 20.1 Å². The van der Waals surface area contributed by atoms with Gasteiger partial charge in [-0.1, -0.05) is 25.3 Å². The maximum absolute atomic E-state index is 12.8. The summed E-state index contributed by atoms with van der Waals surface area (Å²) >= 11 is 0. The number of amides is 1. The van der Waals surface area contributed by atoms with E-state index in [4.69, 9.17) is 15.2 Å². The van der Waals surface area contributed by atoms with Crippen molar-refractivity contribution in [2.75, 3.05) is 6.79 Å². The molecule has 0 aromatic heterocycles. The Morgan fingerprint density at radius 1 is 1.24 bits per heavy atom. The van der Waals surface area contributed by atoms with E-state index < -0.39 is 0 Å². The molecule has 2 aliphatic rings. The number of nitrogens with zero attached hydrogens (tertiary/aromatic N) is 1. The first-order valence-corrected chi connectivity index (χ1v) is 9.07. The van der Waals surface area contributed by atoms with Crippen LogP contribution in [0.3, 0.4) is 0 Å². The number of carbonyl (C=O) groups excluding carboxylic acids is 1. The SMILES string of the molecule is CC(N)CCC(=O)N(Cc1ccc2c(c1)OCO2)C1CCCCC1.Cl. The number of hydrogen-bond donors (Lipinski definition) is 1. The van der Waals surface area contributed by atoms with Crippen LogP contribution in [0.2, 0.25) is 0 Å². The van der Waals surface area contributed by atoms with Crippen LogP contribution in [0.25, 0.3) is 0 Å². The molecule has 0 bridgehead atoms. The first-order chi connectivity index (χ1) is 11.6. The van der Waals surface area contributed by atoms with E-state index in [1.54, 1.807) is 0 Å². The van der Waals surface area contributed by atoms with E-state index >= 15 is 0 Å². The average Bonchev–Trinajstić information content (AvgIpc) is 3.06. The van der Waals surface area contributed by atoms with Crippen LogP contribution in [0.1, 0.15) is 57.4 Å². The fraction of sp³-hybridized carbons (Fsp3) is 0.632. The lowest BCUT2D eigenvalue weighted by molar-refractivity contribution is -0.135. The molecule has 0 saturated heterocycles. The maximum Gasteiger partial charge on any atom is 0.231 e. The summed E-state index contributed by atoms with van der Waals surface area (Å²) in [7, 11) is 0. The molecule has 140 valence electrons. The van der Waals surface area contributed by atoms with Gasteiger partial charge in [-0.3, -0.25) is 4.79 Å². The first-order valence-electron chi connectivity index (χ1n) is 9.07. The molecule has 1 aliphatic heterocycles. The quantitative estimate of drug-likeness (QED) is 0.832. The minimum atomic E-state index is 0. The monoisotopic (exact) mass is 368 g/mol. The van der Waals surface area contributed by atoms with Gasteiger partial charge in [0.1, 0.15) is 0 Å². The van der Waals surface area contributed by atoms with Crippen LogP contribution < -0.4 is 15.2 Å². The predicted molar refractivity (Wildman–Crippen MR) is 100 cm³/mol. The molecule has 0 radical (unpaired) electrons. The number of rotatable bonds is 6. The van der Waals surface area contributed by atoms with Gasteiger partial charge in [0.15, 0.2) is 11.5 Å². The number of fused-ring (bicyclic) bond motifs is 1. The van der Waals surface area contributed by atoms with Crippen molar-refractivity contribution in [1.29, 1.82) is 0 Å². The lowest BCUT2D eigenvalue weighted by Crippen LogP contribution is -2.41. The van der Waals surface area contributed by atoms with Crippen molar-refractivity contribution >= 4 is 18.3 Å². The highest BCUT2D eigenvalue weighted by Crippen LogP contribution is 2.33. The zero-order valence-electron chi connectivity index (χ0n) is 14.9. The van der Waals surface area contributed by atoms with Crippen LogP contribution in [0.4, 0.5) is 0 Å². The molecule has 1 atom stereocenters. The number of benzene rings is 1. The molecular weight excluding hydrogens is 340 g/mol. The largest absolute Gasteiger partial charge is 0.454 e. The van der Waals surface area contributed by atoms with Gasteiger partial charge in [0.25, 0.3) is 0 Å². The molecule has 1 aliphatic carbocycles. The Morgan fingerprint density at radius 2 is 1.96 bits per heavy atom. The molecule has 1 unspecified atom stereocenters. The van der Waals surface area contributed by atoms with E-state index in [0.29, 0.717) is 19.0 Å². The van der Waals surface area contributed by atoms with Gasteiger partial charge in [-0.25, -0.2) is 0 Å². The molecule has 0 spiro atoms. The summed E-state index contributed by atoms with van der Waals surface area (Å²) in [6.45, 7) is 2.87. The van der Waals surface area contributed by atoms with Gasteiger partial charge >= 0.3 is 0 Å². The summed E-state index contributed by atoms with van der Waals surface area (Å²) in [5, 5.41) is 0. The van der Waals surface area contributed by atoms with Crippen molar-refractivity contribution in [3.8, 4) is 11.5 Å². The Kier molecular flexibility index (Phi) is 7.38. The number of hydrogen-bond acceptors (Lipinski definition) is 4. The second-order valence-corrected chi connectivity index (χ2v) is 7.02. The number of nitrogens with two attached hydrogens (primary N) is 1. The first kappa shape index (κ1) is 19.9. The molecule has 6 heteroatoms. The zero-order valence-corrected chi connectivity index (χ0v) is 15.7. The second-order valence-electron chi connectivity index (χ2n) is 7.02. The molecule has 3 rings (SSSR count). The number of halogens is 1. The van der Waals surface area contributed by atoms with Gasteiger partial charge in [0, 0.05) is 25.0 Å². The van der Waals surface area contributed by atoms with E-state index in [0.717, 1.165) is 36.3 Å². The number of ether oxygens (including phenoxy) is 2. The van der Waals surface area contributed by atoms with Crippen molar-refractivity contribution in [3.05, 3.63) is 23.8 Å². The molecule has 25 heavy (non-hydrogen) atoms. The third-order valence-corrected chi connectivity index (χ3v) is 4.94. The Hall–Kier alpha value is -1.46. The van der Waals surface area contributed by atoms with E-state index in [-0.39, 0.29) is 31.1 Å². The summed E-state index contributed by atoms with van der Waals surface area (Å²) in [5.41, 5.74) is 6.93. The summed E-state index contributed by atoms with van der Waals surface area (Å²) in [6.07, 6.45) is 7.18. The number of carbonyl (C=O) groups is 1. The van der Waals surface area contributed by atoms with Crippen molar-refractivity contribution in [1.82, 2.24) is 4.90 Å². The summed E-state index contributed by atoms with van der Waals surface area (Å²) in [4.78, 5) is 14.9. The maximum atomic E-state index is 12.8. The highest BCUT2D eigenvalue weighted by Gasteiger charge is 2.26. The van der Waals surface area contributed by atoms with E-state index in [1.807, 2.05) is 25.1 Å². The highest BCUT2D eigenvalue weighted by molar-refractivity contribution is 5.85. The average molecular weight is 369 g/mol. The summed E-state index contributed by atoms with van der Waals surface area (Å²) in [5.74, 6) is 1.78. The minimum Gasteiger partial charge on any atom is -0.454 e. The highest BCUT2D eigenvalue weighted by atomic mass is 35.5. The Bertz CT molecular complexity index is 574. The molecule has 1 aromatic carbocycles. The standard InChI is InChI=1S/C19H28N2O3.ClH/c1-14(20)7-10-19(22)21(16-5-3-2-4-6-16)12-15-8-9-17-18(11-15)24-13-23-17;/h8-9,11,14,16H,2-7,10,12-13,20H2,1H3;1H. The lowest BCUT2D eigenvalue weighted by Gasteiger charge is -2.35. The van der Waals surface area contributed by atoms with Crippen molar-refractivity contribution in [3.63, 3.8) is 0 Å². The fourth-order valence-electron chi connectivity index (χ4n) is 3.54. The lowest BCUT2D eigenvalue weighted by atomic mass is 9.93. The summed E-state index contributed by atoms with van der Waals surface area (Å²) in [6, 6.07) is 6.37. The molecule has 1 saturated carbocycles. The van der Waals surface area contributed by atoms with Gasteiger partial charge in [-0.2, -0.15) is 0 Å². The molecule has 5 nitrogen and oxygen atoms in total. The third-order valence-electron chi connectivity index (χ3n) is 4.94. The molecule has 1 aromatic rings. The van der Waals surface area contributed by atoms with E-state index in [1.165, 1.54) is 19.3 Å². The second kappa shape index (κ2) is 9.30. The predicted octanol–water partition coefficient (Wildman–Crippen LogP) is 3.63. The van der Waals surface area contributed by atoms with Crippen LogP contribution in [0.15, 0.2) is 18.2 Å². The molecule has 1 heterocycles.